The molecule has 0 unspecified atom stereocenters. The van der Waals surface area contributed by atoms with Gasteiger partial charge in [0.2, 0.25) is 0 Å². The molecular weight excluding hydrogens is 181 g/mol. The van der Waals surface area contributed by atoms with Crippen molar-refractivity contribution in [2.45, 2.75) is 26.3 Å². The van der Waals surface area contributed by atoms with Gasteiger partial charge in [0.1, 0.15) is 5.82 Å². The Hall–Kier alpha value is -1.32. The summed E-state index contributed by atoms with van der Waals surface area (Å²) in [6.07, 6.45) is 1.17. The highest BCUT2D eigenvalue weighted by molar-refractivity contribution is 5.62. The van der Waals surface area contributed by atoms with Crippen LogP contribution < -0.4 is 10.6 Å². The lowest BCUT2D eigenvalue weighted by Gasteiger charge is -2.33. The summed E-state index contributed by atoms with van der Waals surface area (Å²) in [4.78, 5) is 5.89. The minimum atomic E-state index is -0.409. The number of nitrogens with zero attached hydrogens (tertiary/aromatic N) is 2. The Bertz CT molecular complexity index is 331. The third-order valence-corrected chi connectivity index (χ3v) is 2.19. The average Bonchev–Trinajstić information content (AvgIpc) is 2.01. The molecule has 0 amide bonds. The van der Waals surface area contributed by atoms with Gasteiger partial charge < -0.3 is 10.6 Å². The standard InChI is InChI=1S/C10H16FN3/c1-10(2,3)14(4)9-8(12)5-7(11)6-13-9/h5-6H,12H2,1-4H3. The highest BCUT2D eigenvalue weighted by atomic mass is 19.1. The van der Waals surface area contributed by atoms with E-state index in [9.17, 15) is 4.39 Å². The van der Waals surface area contributed by atoms with E-state index in [1.165, 1.54) is 12.3 Å². The summed E-state index contributed by atoms with van der Waals surface area (Å²) in [7, 11) is 1.89. The number of anilines is 2. The lowest BCUT2D eigenvalue weighted by atomic mass is 10.1. The van der Waals surface area contributed by atoms with Gasteiger partial charge in [-0.25, -0.2) is 9.37 Å². The number of hydrogen-bond donors (Lipinski definition) is 1. The molecule has 0 spiro atoms. The van der Waals surface area contributed by atoms with Gasteiger partial charge in [0, 0.05) is 18.7 Å². The molecule has 0 saturated carbocycles. The topological polar surface area (TPSA) is 42.2 Å². The fourth-order valence-corrected chi connectivity index (χ4v) is 1.05. The Balaban J connectivity index is 3.08. The third-order valence-electron chi connectivity index (χ3n) is 2.19. The predicted octanol–water partition coefficient (Wildman–Crippen LogP) is 2.04. The number of pyridine rings is 1. The normalized spacial score (nSPS) is 11.5. The van der Waals surface area contributed by atoms with Crippen LogP contribution in [0.2, 0.25) is 0 Å². The first-order valence-corrected chi connectivity index (χ1v) is 4.47. The van der Waals surface area contributed by atoms with Crippen molar-refractivity contribution < 1.29 is 4.39 Å². The number of halogens is 1. The van der Waals surface area contributed by atoms with Gasteiger partial charge in [-0.1, -0.05) is 0 Å². The first kappa shape index (κ1) is 10.8. The minimum absolute atomic E-state index is 0.0844. The molecule has 0 aliphatic carbocycles. The Kier molecular flexibility index (Phi) is 2.64. The monoisotopic (exact) mass is 197 g/mol. The van der Waals surface area contributed by atoms with Gasteiger partial charge in [-0.2, -0.15) is 0 Å². The molecule has 0 aliphatic rings. The van der Waals surface area contributed by atoms with Crippen molar-refractivity contribution in [2.24, 2.45) is 0 Å². The second-order valence-corrected chi connectivity index (χ2v) is 4.30. The van der Waals surface area contributed by atoms with Crippen LogP contribution in [-0.4, -0.2) is 17.6 Å². The van der Waals surface area contributed by atoms with E-state index in [0.29, 0.717) is 11.5 Å². The van der Waals surface area contributed by atoms with Crippen LogP contribution in [0.1, 0.15) is 20.8 Å². The second-order valence-electron chi connectivity index (χ2n) is 4.30. The molecule has 0 saturated heterocycles. The number of aromatic nitrogens is 1. The lowest BCUT2D eigenvalue weighted by molar-refractivity contribution is 0.533. The quantitative estimate of drug-likeness (QED) is 0.749. The zero-order chi connectivity index (χ0) is 10.9. The van der Waals surface area contributed by atoms with Crippen molar-refractivity contribution >= 4 is 11.5 Å². The summed E-state index contributed by atoms with van der Waals surface area (Å²) in [5.41, 5.74) is 5.95. The summed E-state index contributed by atoms with van der Waals surface area (Å²) in [6, 6.07) is 1.28. The van der Waals surface area contributed by atoms with Crippen LogP contribution in [-0.2, 0) is 0 Å². The van der Waals surface area contributed by atoms with Gasteiger partial charge in [0.05, 0.1) is 11.9 Å². The Morgan fingerprint density at radius 1 is 1.43 bits per heavy atom. The van der Waals surface area contributed by atoms with E-state index in [4.69, 9.17) is 5.73 Å². The van der Waals surface area contributed by atoms with Crippen LogP contribution in [0.15, 0.2) is 12.3 Å². The zero-order valence-corrected chi connectivity index (χ0v) is 9.00. The van der Waals surface area contributed by atoms with Gasteiger partial charge in [-0.05, 0) is 20.8 Å². The molecule has 14 heavy (non-hydrogen) atoms. The van der Waals surface area contributed by atoms with E-state index >= 15 is 0 Å². The number of nitrogens with two attached hydrogens (primary N) is 1. The van der Waals surface area contributed by atoms with Crippen LogP contribution in [0.3, 0.4) is 0 Å². The van der Waals surface area contributed by atoms with Gasteiger partial charge in [-0.3, -0.25) is 0 Å². The van der Waals surface area contributed by atoms with E-state index in [-0.39, 0.29) is 5.54 Å². The van der Waals surface area contributed by atoms with Crippen molar-refractivity contribution in [3.05, 3.63) is 18.1 Å². The molecule has 2 N–H and O–H groups in total. The first-order chi connectivity index (χ1) is 6.32. The molecule has 0 aromatic carbocycles. The van der Waals surface area contributed by atoms with Gasteiger partial charge in [0.25, 0.3) is 0 Å². The van der Waals surface area contributed by atoms with Gasteiger partial charge >= 0.3 is 0 Å². The summed E-state index contributed by atoms with van der Waals surface area (Å²) >= 11 is 0. The maximum absolute atomic E-state index is 12.7. The van der Waals surface area contributed by atoms with E-state index in [1.807, 2.05) is 32.7 Å². The number of hydrogen-bond acceptors (Lipinski definition) is 3. The van der Waals surface area contributed by atoms with E-state index in [2.05, 4.69) is 4.98 Å². The third kappa shape index (κ3) is 2.13. The van der Waals surface area contributed by atoms with E-state index in [1.54, 1.807) is 0 Å². The SMILES string of the molecule is CN(c1ncc(F)cc1N)C(C)(C)C. The molecular formula is C10H16FN3. The van der Waals surface area contributed by atoms with E-state index in [0.717, 1.165) is 0 Å². The van der Waals surface area contributed by atoms with Crippen molar-refractivity contribution in [3.8, 4) is 0 Å². The Labute approximate surface area is 83.7 Å². The Morgan fingerprint density at radius 3 is 2.43 bits per heavy atom. The summed E-state index contributed by atoms with van der Waals surface area (Å²) in [5.74, 6) is 0.201. The molecule has 0 atom stereocenters. The largest absolute Gasteiger partial charge is 0.396 e. The minimum Gasteiger partial charge on any atom is -0.396 e. The molecule has 0 radical (unpaired) electrons. The second kappa shape index (κ2) is 3.44. The summed E-state index contributed by atoms with van der Waals surface area (Å²) in [5, 5.41) is 0. The molecule has 1 rings (SSSR count). The van der Waals surface area contributed by atoms with Crippen LogP contribution >= 0.6 is 0 Å². The summed E-state index contributed by atoms with van der Waals surface area (Å²) in [6.45, 7) is 6.12. The molecule has 0 aliphatic heterocycles. The molecule has 1 aromatic heterocycles. The van der Waals surface area contributed by atoms with Crippen LogP contribution in [0.5, 0.6) is 0 Å². The molecule has 0 fully saturated rings. The highest BCUT2D eigenvalue weighted by Gasteiger charge is 2.20. The molecule has 78 valence electrons. The van der Waals surface area contributed by atoms with Crippen molar-refractivity contribution in [1.29, 1.82) is 0 Å². The van der Waals surface area contributed by atoms with Crippen LogP contribution in [0, 0.1) is 5.82 Å². The van der Waals surface area contributed by atoms with Crippen molar-refractivity contribution in [1.82, 2.24) is 4.98 Å². The van der Waals surface area contributed by atoms with Gasteiger partial charge in [-0.15, -0.1) is 0 Å². The molecule has 4 heteroatoms. The average molecular weight is 197 g/mol. The predicted molar refractivity (Wildman–Crippen MR) is 56.8 cm³/mol. The zero-order valence-electron chi connectivity index (χ0n) is 9.00. The number of rotatable bonds is 1. The fraction of sp³-hybridized carbons (Fsp3) is 0.500. The van der Waals surface area contributed by atoms with E-state index < -0.39 is 5.82 Å². The molecule has 1 aromatic rings. The summed E-state index contributed by atoms with van der Waals surface area (Å²) < 4.78 is 12.7. The first-order valence-electron chi connectivity index (χ1n) is 4.47. The van der Waals surface area contributed by atoms with Crippen molar-refractivity contribution in [2.75, 3.05) is 17.7 Å². The van der Waals surface area contributed by atoms with Crippen molar-refractivity contribution in [3.63, 3.8) is 0 Å². The maximum Gasteiger partial charge on any atom is 0.152 e. The van der Waals surface area contributed by atoms with Crippen LogP contribution in [0.25, 0.3) is 0 Å². The smallest absolute Gasteiger partial charge is 0.152 e. The van der Waals surface area contributed by atoms with Gasteiger partial charge in [0.15, 0.2) is 5.82 Å². The maximum atomic E-state index is 12.7. The molecule has 0 bridgehead atoms. The molecule has 3 nitrogen and oxygen atoms in total. The highest BCUT2D eigenvalue weighted by Crippen LogP contribution is 2.25. The Morgan fingerprint density at radius 2 is 2.00 bits per heavy atom. The number of nitrogen functional groups attached to an aromatic ring is 1. The fourth-order valence-electron chi connectivity index (χ4n) is 1.05. The van der Waals surface area contributed by atoms with Crippen LogP contribution in [0.4, 0.5) is 15.9 Å². The molecule has 1 heterocycles. The lowest BCUT2D eigenvalue weighted by Crippen LogP contribution is -2.39.